The monoisotopic (exact) mass is 1470 g/mol. The lowest BCUT2D eigenvalue weighted by molar-refractivity contribution is 0.0691. The first kappa shape index (κ1) is 72.6. The van der Waals surface area contributed by atoms with Gasteiger partial charge in [0.15, 0.2) is 11.6 Å². The van der Waals surface area contributed by atoms with Crippen molar-refractivity contribution in [3.8, 4) is 0 Å². The molecule has 4 heterocycles. The highest BCUT2D eigenvalue weighted by Crippen LogP contribution is 2.46. The number of carboxylic acid groups (broad SMARTS) is 1. The van der Waals surface area contributed by atoms with Crippen LogP contribution in [0.2, 0.25) is 0 Å². The number of aromatic nitrogens is 4. The molecular weight excluding hydrogens is 1400 g/mol. The molecule has 2 aromatic heterocycles. The summed E-state index contributed by atoms with van der Waals surface area (Å²) < 4.78 is 91.3. The number of carbonyl (C=O) groups excluding carboxylic acids is 3. The number of hydrogen-bond acceptors (Lipinski definition) is 7. The van der Waals surface area contributed by atoms with Crippen LogP contribution in [0.1, 0.15) is 123 Å². The molecule has 2 aliphatic heterocycles. The van der Waals surface area contributed by atoms with E-state index in [1.807, 2.05) is 227 Å². The van der Waals surface area contributed by atoms with E-state index in [9.17, 15) is 46.2 Å². The molecule has 0 radical (unpaired) electrons. The molecule has 0 aliphatic carbocycles. The average Bonchev–Trinajstić information content (AvgIpc) is 1.47. The van der Waals surface area contributed by atoms with E-state index in [1.165, 1.54) is 42.5 Å². The van der Waals surface area contributed by atoms with Crippen molar-refractivity contribution < 1.29 is 50.6 Å². The zero-order valence-corrected chi connectivity index (χ0v) is 59.4. The van der Waals surface area contributed by atoms with Crippen LogP contribution in [0.25, 0.3) is 21.8 Å². The molecule has 0 unspecified atom stereocenters. The normalized spacial score (nSPS) is 13.8. The first-order chi connectivity index (χ1) is 53.5. The summed E-state index contributed by atoms with van der Waals surface area (Å²) in [5.41, 5.74) is 5.76. The number of likely N-dealkylation sites (tertiary alicyclic amines) is 2. The van der Waals surface area contributed by atoms with Gasteiger partial charge in [-0.1, -0.05) is 194 Å². The van der Waals surface area contributed by atoms with Gasteiger partial charge >= 0.3 is 5.97 Å². The maximum atomic E-state index is 15.8. The van der Waals surface area contributed by atoms with Crippen molar-refractivity contribution in [2.45, 2.75) is 55.6 Å². The summed E-state index contributed by atoms with van der Waals surface area (Å²) in [6, 6.07) is 83.9. The molecule has 14 aromatic rings. The maximum Gasteiger partial charge on any atom is 0.335 e. The van der Waals surface area contributed by atoms with Gasteiger partial charge in [-0.25, -0.2) is 40.5 Å². The number of fused-ring (bicyclic) bond motifs is 2. The molecule has 0 spiro atoms. The lowest BCUT2D eigenvalue weighted by Gasteiger charge is -2.37. The fraction of sp³-hybridized carbons (Fsp3) is 0.143. The topological polar surface area (TPSA) is 155 Å². The van der Waals surface area contributed by atoms with Crippen LogP contribution in [0.5, 0.6) is 0 Å². The number of hydrogen-bond donors (Lipinski definition) is 3. The number of aromatic carboxylic acids is 1. The Bertz CT molecular complexity index is 5500. The van der Waals surface area contributed by atoms with Crippen molar-refractivity contribution in [3.63, 3.8) is 0 Å². The third-order valence-corrected chi connectivity index (χ3v) is 20.6. The van der Waals surface area contributed by atoms with Gasteiger partial charge in [0.25, 0.3) is 17.7 Å². The largest absolute Gasteiger partial charge is 0.478 e. The van der Waals surface area contributed by atoms with Crippen molar-refractivity contribution in [2.75, 3.05) is 36.8 Å². The molecule has 1 atom stereocenters. The van der Waals surface area contributed by atoms with Gasteiger partial charge in [-0.05, 0) is 192 Å². The minimum atomic E-state index is -1.31. The number of benzene rings is 12. The molecule has 19 heteroatoms. The number of nitrogens with one attached hydrogen (secondary N) is 2. The summed E-state index contributed by atoms with van der Waals surface area (Å²) in [6.07, 6.45) is 4.47. The summed E-state index contributed by atoms with van der Waals surface area (Å²) >= 11 is 0. The highest BCUT2D eigenvalue weighted by atomic mass is 19.2. The predicted molar refractivity (Wildman–Crippen MR) is 412 cm³/mol. The Morgan fingerprint density at radius 1 is 0.391 bits per heavy atom. The maximum absolute atomic E-state index is 15.8. The van der Waals surface area contributed by atoms with Crippen molar-refractivity contribution in [3.05, 3.63) is 404 Å². The molecule has 0 bridgehead atoms. The highest BCUT2D eigenvalue weighted by molar-refractivity contribution is 6.10. The van der Waals surface area contributed by atoms with Crippen molar-refractivity contribution >= 4 is 57.1 Å². The van der Waals surface area contributed by atoms with Gasteiger partial charge in [-0.3, -0.25) is 14.4 Å². The third-order valence-electron chi connectivity index (χ3n) is 20.6. The lowest BCUT2D eigenvalue weighted by Crippen LogP contribution is -2.42. The molecule has 13 nitrogen and oxygen atoms in total. The highest BCUT2D eigenvalue weighted by Gasteiger charge is 2.43. The molecule has 2 saturated heterocycles. The number of nitrogens with zero attached hydrogens (tertiary/aromatic N) is 6. The SMILES string of the molecule is O=C(Nc1nn(C(c2ccccc2)(c2ccccc2)c2ccccc2)c2ccc(Cc3cc(F)cc(F)c3)cc12)c1cc(C(=O)N2CCC[C@H]2CN2CCCC2)ccc1F.O=C(O)c1ccc(F)c(C(=O)Nc2nn(C(c3ccccc3)(c3ccccc3)c3ccccc3)c3ccc(Cc4cc(F)cc(F)c4)cc23)c1. The van der Waals surface area contributed by atoms with Crippen LogP contribution in [0.15, 0.2) is 291 Å². The van der Waals surface area contributed by atoms with E-state index >= 15 is 4.39 Å². The Morgan fingerprint density at radius 2 is 0.745 bits per heavy atom. The molecule has 12 aromatic carbocycles. The quantitative estimate of drug-likeness (QED) is 0.0503. The van der Waals surface area contributed by atoms with Crippen LogP contribution in [0, 0.1) is 34.9 Å². The number of rotatable bonds is 20. The second-order valence-corrected chi connectivity index (χ2v) is 27.7. The average molecular weight is 1470 g/mol. The Labute approximate surface area is 630 Å². The van der Waals surface area contributed by atoms with E-state index in [4.69, 9.17) is 10.2 Å². The molecular formula is C91H72F6N8O5. The minimum Gasteiger partial charge on any atom is -0.478 e. The van der Waals surface area contributed by atoms with E-state index in [0.29, 0.717) is 50.6 Å². The van der Waals surface area contributed by atoms with E-state index in [-0.39, 0.29) is 53.1 Å². The lowest BCUT2D eigenvalue weighted by atomic mass is 9.77. The number of anilines is 2. The summed E-state index contributed by atoms with van der Waals surface area (Å²) in [4.78, 5) is 58.0. The summed E-state index contributed by atoms with van der Waals surface area (Å²) in [7, 11) is 0. The van der Waals surface area contributed by atoms with Crippen LogP contribution in [0.3, 0.4) is 0 Å². The third kappa shape index (κ3) is 14.6. The van der Waals surface area contributed by atoms with Crippen LogP contribution in [-0.4, -0.2) is 90.4 Å². The van der Waals surface area contributed by atoms with Gasteiger partial charge in [-0.15, -0.1) is 0 Å². The Kier molecular flexibility index (Phi) is 20.7. The number of carbonyl (C=O) groups is 4. The standard InChI is InChI=1S/C50H44F3N5O2.C41H28F3N3O3/c51-40-28-35(29-41(52)32-40)27-34-20-23-46-44(30-34)47(55-58(46)50(37-13-4-1-5-14-37,38-15-6-2-7-16-38)39-17-8-3-9-18-39)54-48(59)43-31-36(21-22-45(43)53)49(60)57-26-12-19-42(57)33-56-24-10-11-25-56;42-32-21-27(22-33(43)25-32)20-26-16-19-37-35(23-26)38(45-39(48)34-24-28(40(49)50)17-18-36(34)44)46-47(37)41(29-10-4-1-5-11-29,30-12-6-2-7-13-30)31-14-8-3-9-15-31/h1-9,13-18,20-23,28-32,42H,10-12,19,24-27,33H2,(H,54,55,59);1-19,21-25H,20H2,(H,49,50)(H,45,46,48)/t42-;/m0./s1. The second kappa shape index (κ2) is 31.4. The van der Waals surface area contributed by atoms with Gasteiger partial charge in [0, 0.05) is 47.6 Å². The van der Waals surface area contributed by atoms with Crippen LogP contribution >= 0.6 is 0 Å². The van der Waals surface area contributed by atoms with Crippen LogP contribution in [0.4, 0.5) is 38.0 Å². The summed E-state index contributed by atoms with van der Waals surface area (Å²) in [6.45, 7) is 3.47. The van der Waals surface area contributed by atoms with Crippen molar-refractivity contribution in [1.82, 2.24) is 29.4 Å². The fourth-order valence-electron chi connectivity index (χ4n) is 15.7. The summed E-state index contributed by atoms with van der Waals surface area (Å²) in [5.74, 6) is -7.44. The zero-order chi connectivity index (χ0) is 76.0. The molecule has 3 amide bonds. The van der Waals surface area contributed by atoms with Crippen molar-refractivity contribution in [2.24, 2.45) is 0 Å². The van der Waals surface area contributed by atoms with Gasteiger partial charge in [-0.2, -0.15) is 10.2 Å². The van der Waals surface area contributed by atoms with Crippen molar-refractivity contribution in [1.29, 1.82) is 0 Å². The number of carboxylic acids is 1. The van der Waals surface area contributed by atoms with E-state index in [0.717, 1.165) is 109 Å². The first-order valence-corrected chi connectivity index (χ1v) is 36.3. The molecule has 3 N–H and O–H groups in total. The van der Waals surface area contributed by atoms with Crippen LogP contribution < -0.4 is 10.6 Å². The fourth-order valence-corrected chi connectivity index (χ4v) is 15.7. The van der Waals surface area contributed by atoms with E-state index in [1.54, 1.807) is 6.07 Å². The van der Waals surface area contributed by atoms with Gasteiger partial charge < -0.3 is 25.5 Å². The predicted octanol–water partition coefficient (Wildman–Crippen LogP) is 18.7. The molecule has 2 fully saturated rings. The number of halogens is 6. The summed E-state index contributed by atoms with van der Waals surface area (Å²) in [5, 5.41) is 26.4. The number of amides is 3. The molecule has 16 rings (SSSR count). The zero-order valence-electron chi connectivity index (χ0n) is 59.4. The minimum absolute atomic E-state index is 0.0606. The molecule has 110 heavy (non-hydrogen) atoms. The molecule has 0 saturated carbocycles. The Morgan fingerprint density at radius 3 is 1.11 bits per heavy atom. The van der Waals surface area contributed by atoms with E-state index < -0.39 is 69.3 Å². The van der Waals surface area contributed by atoms with Gasteiger partial charge in [0.2, 0.25) is 0 Å². The smallest absolute Gasteiger partial charge is 0.335 e. The Balaban J connectivity index is 0.000000178. The van der Waals surface area contributed by atoms with Crippen LogP contribution in [-0.2, 0) is 23.9 Å². The van der Waals surface area contributed by atoms with Gasteiger partial charge in [0.05, 0.1) is 27.7 Å². The van der Waals surface area contributed by atoms with Gasteiger partial charge in [0.1, 0.15) is 46.0 Å². The Hall–Kier alpha value is -13.0. The van der Waals surface area contributed by atoms with E-state index in [2.05, 4.69) is 15.5 Å². The second-order valence-electron chi connectivity index (χ2n) is 27.7. The molecule has 2 aliphatic rings. The molecule has 548 valence electrons. The first-order valence-electron chi connectivity index (χ1n) is 36.3.